The molecular formula is C19H30N4O3. The van der Waals surface area contributed by atoms with Gasteiger partial charge in [0.05, 0.1) is 5.56 Å². The molecule has 1 aromatic heterocycles. The topological polar surface area (TPSA) is 97.4 Å². The highest BCUT2D eigenvalue weighted by atomic mass is 16.2. The van der Waals surface area contributed by atoms with E-state index < -0.39 is 0 Å². The van der Waals surface area contributed by atoms with E-state index >= 15 is 0 Å². The minimum Gasteiger partial charge on any atom is -0.352 e. The van der Waals surface area contributed by atoms with E-state index in [0.29, 0.717) is 42.4 Å². The number of hydrogen-bond acceptors (Lipinski definition) is 4. The summed E-state index contributed by atoms with van der Waals surface area (Å²) in [5.74, 6) is 0.152. The maximum atomic E-state index is 13.0. The second kappa shape index (κ2) is 8.49. The lowest BCUT2D eigenvalue weighted by atomic mass is 9.96. The number of piperidine rings is 1. The zero-order chi connectivity index (χ0) is 19.4. The van der Waals surface area contributed by atoms with Crippen molar-refractivity contribution >= 4 is 11.8 Å². The van der Waals surface area contributed by atoms with Crippen molar-refractivity contribution in [3.63, 3.8) is 0 Å². The number of likely N-dealkylation sites (tertiary alicyclic amines) is 1. The second-order valence-corrected chi connectivity index (χ2v) is 7.41. The molecule has 1 aliphatic rings. The Bertz CT molecular complexity index is 731. The first kappa shape index (κ1) is 20.2. The minimum atomic E-state index is -0.266. The number of aromatic nitrogens is 1. The van der Waals surface area contributed by atoms with Gasteiger partial charge in [0.1, 0.15) is 6.54 Å². The zero-order valence-electron chi connectivity index (χ0n) is 16.2. The maximum Gasteiger partial charge on any atom is 0.255 e. The van der Waals surface area contributed by atoms with Crippen LogP contribution in [0.2, 0.25) is 0 Å². The van der Waals surface area contributed by atoms with Crippen molar-refractivity contribution in [3.05, 3.63) is 33.2 Å². The van der Waals surface area contributed by atoms with Gasteiger partial charge in [-0.25, -0.2) is 0 Å². The molecule has 0 unspecified atom stereocenters. The van der Waals surface area contributed by atoms with Gasteiger partial charge in [0, 0.05) is 30.9 Å². The lowest BCUT2D eigenvalue weighted by Crippen LogP contribution is -2.42. The first-order chi connectivity index (χ1) is 12.2. The first-order valence-electron chi connectivity index (χ1n) is 9.24. The van der Waals surface area contributed by atoms with E-state index in [1.165, 1.54) is 10.6 Å². The van der Waals surface area contributed by atoms with E-state index in [-0.39, 0.29) is 30.0 Å². The van der Waals surface area contributed by atoms with Gasteiger partial charge in [0.15, 0.2) is 0 Å². The molecule has 3 N–H and O–H groups in total. The highest BCUT2D eigenvalue weighted by Gasteiger charge is 2.26. The van der Waals surface area contributed by atoms with Crippen LogP contribution in [0.3, 0.4) is 0 Å². The number of aryl methyl sites for hydroxylation is 1. The summed E-state index contributed by atoms with van der Waals surface area (Å²) in [6.45, 7) is 9.14. The molecule has 2 rings (SSSR count). The molecular weight excluding hydrogens is 332 g/mol. The Morgan fingerprint density at radius 1 is 1.27 bits per heavy atom. The molecule has 0 saturated carbocycles. The molecule has 2 amide bonds. The van der Waals surface area contributed by atoms with Gasteiger partial charge in [-0.3, -0.25) is 14.4 Å². The fourth-order valence-electron chi connectivity index (χ4n) is 3.48. The van der Waals surface area contributed by atoms with Crippen LogP contribution in [0.25, 0.3) is 0 Å². The number of nitrogens with one attached hydrogen (secondary N) is 1. The summed E-state index contributed by atoms with van der Waals surface area (Å²) in [7, 11) is 0. The number of carbonyl (C=O) groups is 2. The van der Waals surface area contributed by atoms with Gasteiger partial charge in [-0.05, 0) is 58.6 Å². The molecule has 0 spiro atoms. The smallest absolute Gasteiger partial charge is 0.255 e. The third kappa shape index (κ3) is 4.52. The van der Waals surface area contributed by atoms with E-state index in [9.17, 15) is 14.4 Å². The summed E-state index contributed by atoms with van der Waals surface area (Å²) >= 11 is 0. The van der Waals surface area contributed by atoms with Crippen molar-refractivity contribution in [1.82, 2.24) is 14.8 Å². The van der Waals surface area contributed by atoms with Crippen molar-refractivity contribution in [2.24, 2.45) is 11.7 Å². The zero-order valence-corrected chi connectivity index (χ0v) is 16.2. The van der Waals surface area contributed by atoms with Crippen LogP contribution in [-0.4, -0.2) is 47.0 Å². The summed E-state index contributed by atoms with van der Waals surface area (Å²) in [6.07, 6.45) is 1.80. The third-order valence-corrected chi connectivity index (χ3v) is 4.97. The van der Waals surface area contributed by atoms with Gasteiger partial charge in [-0.2, -0.15) is 0 Å². The van der Waals surface area contributed by atoms with Crippen molar-refractivity contribution in [3.8, 4) is 0 Å². The fourth-order valence-corrected chi connectivity index (χ4v) is 3.48. The number of hydrogen-bond donors (Lipinski definition) is 2. The molecule has 0 radical (unpaired) electrons. The van der Waals surface area contributed by atoms with Crippen molar-refractivity contribution < 1.29 is 9.59 Å². The molecule has 1 aromatic rings. The minimum absolute atomic E-state index is 0.00565. The summed E-state index contributed by atoms with van der Waals surface area (Å²) in [5, 5.41) is 2.78. The monoisotopic (exact) mass is 362 g/mol. The molecule has 0 bridgehead atoms. The maximum absolute atomic E-state index is 13.0. The van der Waals surface area contributed by atoms with Crippen LogP contribution in [0.5, 0.6) is 0 Å². The standard InChI is InChI=1S/C19H30N4O3/c1-12(2)21-16(24)11-23-14(4)18(13(3)9-17(23)25)19(26)22-7-5-15(10-20)6-8-22/h9,12,15H,5-8,10-11,20H2,1-4H3,(H,21,24). The van der Waals surface area contributed by atoms with E-state index in [1.54, 1.807) is 13.8 Å². The number of carbonyl (C=O) groups excluding carboxylic acids is 2. The van der Waals surface area contributed by atoms with Gasteiger partial charge in [-0.15, -0.1) is 0 Å². The Morgan fingerprint density at radius 3 is 2.42 bits per heavy atom. The predicted octanol–water partition coefficient (Wildman–Crippen LogP) is 0.801. The molecule has 7 heteroatoms. The van der Waals surface area contributed by atoms with Crippen LogP contribution in [0.4, 0.5) is 0 Å². The van der Waals surface area contributed by atoms with Crippen LogP contribution in [0, 0.1) is 19.8 Å². The summed E-state index contributed by atoms with van der Waals surface area (Å²) in [4.78, 5) is 39.3. The fraction of sp³-hybridized carbons (Fsp3) is 0.632. The van der Waals surface area contributed by atoms with Crippen LogP contribution in [0.15, 0.2) is 10.9 Å². The Morgan fingerprint density at radius 2 is 1.88 bits per heavy atom. The van der Waals surface area contributed by atoms with Crippen LogP contribution in [0.1, 0.15) is 48.3 Å². The SMILES string of the molecule is Cc1cc(=O)n(CC(=O)NC(C)C)c(C)c1C(=O)N1CCC(CN)CC1. The first-order valence-corrected chi connectivity index (χ1v) is 9.24. The predicted molar refractivity (Wildman–Crippen MR) is 101 cm³/mol. The van der Waals surface area contributed by atoms with Crippen molar-refractivity contribution in [2.45, 2.75) is 53.1 Å². The third-order valence-electron chi connectivity index (χ3n) is 4.97. The highest BCUT2D eigenvalue weighted by Crippen LogP contribution is 2.20. The Labute approximate surface area is 154 Å². The Hall–Kier alpha value is -2.15. The normalized spacial score (nSPS) is 15.4. The second-order valence-electron chi connectivity index (χ2n) is 7.41. The summed E-state index contributed by atoms with van der Waals surface area (Å²) in [5.41, 5.74) is 7.17. The van der Waals surface area contributed by atoms with Gasteiger partial charge >= 0.3 is 0 Å². The van der Waals surface area contributed by atoms with E-state index in [4.69, 9.17) is 5.73 Å². The molecule has 0 aromatic carbocycles. The molecule has 0 aliphatic carbocycles. The molecule has 26 heavy (non-hydrogen) atoms. The van der Waals surface area contributed by atoms with Gasteiger partial charge in [0.2, 0.25) is 5.91 Å². The molecule has 2 heterocycles. The number of pyridine rings is 1. The quantitative estimate of drug-likeness (QED) is 0.810. The molecule has 1 saturated heterocycles. The number of nitrogens with zero attached hydrogens (tertiary/aromatic N) is 2. The van der Waals surface area contributed by atoms with Crippen LogP contribution in [-0.2, 0) is 11.3 Å². The Kier molecular flexibility index (Phi) is 6.58. The number of amides is 2. The number of rotatable bonds is 5. The summed E-state index contributed by atoms with van der Waals surface area (Å²) < 4.78 is 1.38. The molecule has 0 atom stereocenters. The highest BCUT2D eigenvalue weighted by molar-refractivity contribution is 5.96. The van der Waals surface area contributed by atoms with Crippen molar-refractivity contribution in [1.29, 1.82) is 0 Å². The van der Waals surface area contributed by atoms with Crippen LogP contribution < -0.4 is 16.6 Å². The molecule has 1 fully saturated rings. The van der Waals surface area contributed by atoms with Gasteiger partial charge < -0.3 is 20.5 Å². The Balaban J connectivity index is 2.28. The van der Waals surface area contributed by atoms with Crippen molar-refractivity contribution in [2.75, 3.05) is 19.6 Å². The largest absolute Gasteiger partial charge is 0.352 e. The average molecular weight is 362 g/mol. The average Bonchev–Trinajstić information content (AvgIpc) is 2.57. The van der Waals surface area contributed by atoms with Gasteiger partial charge in [0.25, 0.3) is 11.5 Å². The van der Waals surface area contributed by atoms with E-state index in [1.807, 2.05) is 18.7 Å². The summed E-state index contributed by atoms with van der Waals surface area (Å²) in [6, 6.07) is 1.43. The van der Waals surface area contributed by atoms with Crippen LogP contribution >= 0.6 is 0 Å². The molecule has 1 aliphatic heterocycles. The number of nitrogens with two attached hydrogens (primary N) is 1. The lowest BCUT2D eigenvalue weighted by molar-refractivity contribution is -0.122. The van der Waals surface area contributed by atoms with Gasteiger partial charge in [-0.1, -0.05) is 0 Å². The molecule has 7 nitrogen and oxygen atoms in total. The van der Waals surface area contributed by atoms with E-state index in [2.05, 4.69) is 5.32 Å². The molecule has 144 valence electrons. The van der Waals surface area contributed by atoms with E-state index in [0.717, 1.165) is 12.8 Å². The lowest BCUT2D eigenvalue weighted by Gasteiger charge is -2.32.